The van der Waals surface area contributed by atoms with Crippen LogP contribution in [0, 0.1) is 0 Å². The number of carbonyl (C=O) groups is 1. The van der Waals surface area contributed by atoms with Crippen molar-refractivity contribution in [2.75, 3.05) is 26.9 Å². The van der Waals surface area contributed by atoms with E-state index in [1.807, 2.05) is 24.3 Å². The van der Waals surface area contributed by atoms with E-state index in [1.54, 1.807) is 31.4 Å². The monoisotopic (exact) mass is 589 g/mol. The van der Waals surface area contributed by atoms with E-state index in [1.165, 1.54) is 5.52 Å². The standard InChI is InChI=1S/C34H40ClN3O4/c1-3-11-26-15-20-31(32(24-26)40-2)41-23-10-9-22-38-30-13-7-6-12-29(30)37-33(38)14-5-4-8-21-36-34(39)25-42-28-18-16-27(35)17-19-28/h3,6-7,12-13,15-20,24H,1,4-5,8-11,14,21-23,25H2,2H3,(H,36,39). The molecule has 0 spiro atoms. The second-order valence-corrected chi connectivity index (χ2v) is 10.5. The van der Waals surface area contributed by atoms with Crippen LogP contribution in [0.4, 0.5) is 0 Å². The van der Waals surface area contributed by atoms with Crippen molar-refractivity contribution >= 4 is 28.5 Å². The normalized spacial score (nSPS) is 10.9. The van der Waals surface area contributed by atoms with Gasteiger partial charge in [-0.2, -0.15) is 0 Å². The Morgan fingerprint density at radius 3 is 2.62 bits per heavy atom. The predicted octanol–water partition coefficient (Wildman–Crippen LogP) is 7.19. The Hall–Kier alpha value is -3.97. The number of para-hydroxylation sites is 2. The van der Waals surface area contributed by atoms with Crippen molar-refractivity contribution in [2.45, 2.75) is 51.5 Å². The van der Waals surface area contributed by atoms with Crippen molar-refractivity contribution in [2.24, 2.45) is 0 Å². The van der Waals surface area contributed by atoms with Crippen LogP contribution < -0.4 is 19.5 Å². The number of hydrogen-bond acceptors (Lipinski definition) is 5. The Balaban J connectivity index is 1.18. The highest BCUT2D eigenvalue weighted by Crippen LogP contribution is 2.28. The number of nitrogens with one attached hydrogen (secondary N) is 1. The second-order valence-electron chi connectivity index (χ2n) is 10.1. The third-order valence-corrected chi connectivity index (χ3v) is 7.21. The Labute approximate surface area is 253 Å². The van der Waals surface area contributed by atoms with E-state index in [-0.39, 0.29) is 12.5 Å². The number of rotatable bonds is 18. The molecule has 8 heteroatoms. The number of aryl methyl sites for hydroxylation is 2. The first kappa shape index (κ1) is 31.0. The van der Waals surface area contributed by atoms with E-state index < -0.39 is 0 Å². The number of halogens is 1. The van der Waals surface area contributed by atoms with Crippen molar-refractivity contribution < 1.29 is 19.0 Å². The molecule has 0 aliphatic heterocycles. The summed E-state index contributed by atoms with van der Waals surface area (Å²) in [5.41, 5.74) is 3.35. The van der Waals surface area contributed by atoms with Crippen molar-refractivity contribution in [3.05, 3.63) is 95.8 Å². The quantitative estimate of drug-likeness (QED) is 0.0981. The summed E-state index contributed by atoms with van der Waals surface area (Å²) in [6.07, 6.45) is 8.39. The van der Waals surface area contributed by atoms with Crippen LogP contribution in [0.3, 0.4) is 0 Å². The molecule has 0 saturated heterocycles. The molecule has 7 nitrogen and oxygen atoms in total. The van der Waals surface area contributed by atoms with Gasteiger partial charge >= 0.3 is 0 Å². The first-order valence-electron chi connectivity index (χ1n) is 14.6. The Morgan fingerprint density at radius 2 is 1.81 bits per heavy atom. The molecular formula is C34H40ClN3O4. The number of benzene rings is 3. The lowest BCUT2D eigenvalue weighted by Crippen LogP contribution is -2.29. The number of nitrogens with zero attached hydrogens (tertiary/aromatic N) is 2. The summed E-state index contributed by atoms with van der Waals surface area (Å²) in [6.45, 7) is 5.93. The fourth-order valence-corrected chi connectivity index (χ4v) is 4.91. The summed E-state index contributed by atoms with van der Waals surface area (Å²) in [7, 11) is 1.67. The zero-order valence-electron chi connectivity index (χ0n) is 24.3. The molecule has 4 rings (SSSR count). The highest BCUT2D eigenvalue weighted by Gasteiger charge is 2.11. The maximum absolute atomic E-state index is 12.1. The zero-order valence-corrected chi connectivity index (χ0v) is 25.1. The number of fused-ring (bicyclic) bond motifs is 1. The van der Waals surface area contributed by atoms with E-state index in [9.17, 15) is 4.79 Å². The number of aromatic nitrogens is 2. The summed E-state index contributed by atoms with van der Waals surface area (Å²) in [6, 6.07) is 21.3. The summed E-state index contributed by atoms with van der Waals surface area (Å²) in [5, 5.41) is 3.56. The summed E-state index contributed by atoms with van der Waals surface area (Å²) in [4.78, 5) is 17.0. The molecule has 0 unspecified atom stereocenters. The van der Waals surface area contributed by atoms with Crippen LogP contribution in [0.15, 0.2) is 79.4 Å². The van der Waals surface area contributed by atoms with Gasteiger partial charge in [0.25, 0.3) is 5.91 Å². The molecule has 222 valence electrons. The van der Waals surface area contributed by atoms with Crippen LogP contribution in [0.25, 0.3) is 11.0 Å². The molecule has 0 fully saturated rings. The highest BCUT2D eigenvalue weighted by molar-refractivity contribution is 6.30. The van der Waals surface area contributed by atoms with Crippen molar-refractivity contribution in [1.82, 2.24) is 14.9 Å². The van der Waals surface area contributed by atoms with Crippen LogP contribution in [-0.4, -0.2) is 42.3 Å². The van der Waals surface area contributed by atoms with Gasteiger partial charge in [-0.25, -0.2) is 4.98 Å². The Morgan fingerprint density at radius 1 is 0.976 bits per heavy atom. The van der Waals surface area contributed by atoms with Gasteiger partial charge in [-0.1, -0.05) is 42.3 Å². The number of imidazole rings is 1. The van der Waals surface area contributed by atoms with Crippen LogP contribution in [0.1, 0.15) is 43.5 Å². The second kappa shape index (κ2) is 16.5. The van der Waals surface area contributed by atoms with E-state index in [4.69, 9.17) is 30.8 Å². The average molecular weight is 590 g/mol. The van der Waals surface area contributed by atoms with Crippen LogP contribution >= 0.6 is 11.6 Å². The number of amides is 1. The molecule has 42 heavy (non-hydrogen) atoms. The number of hydrogen-bond donors (Lipinski definition) is 1. The highest BCUT2D eigenvalue weighted by atomic mass is 35.5. The van der Waals surface area contributed by atoms with Gasteiger partial charge in [-0.3, -0.25) is 4.79 Å². The maximum atomic E-state index is 12.1. The van der Waals surface area contributed by atoms with E-state index in [0.717, 1.165) is 79.9 Å². The van der Waals surface area contributed by atoms with Crippen molar-refractivity contribution in [1.29, 1.82) is 0 Å². The molecule has 1 amide bonds. The third-order valence-electron chi connectivity index (χ3n) is 6.96. The van der Waals surface area contributed by atoms with Gasteiger partial charge in [0.05, 0.1) is 24.8 Å². The van der Waals surface area contributed by atoms with Gasteiger partial charge in [0.1, 0.15) is 11.6 Å². The molecule has 0 saturated carbocycles. The lowest BCUT2D eigenvalue weighted by atomic mass is 10.1. The summed E-state index contributed by atoms with van der Waals surface area (Å²) in [5.74, 6) is 3.13. The molecule has 4 aromatic rings. The first-order chi connectivity index (χ1) is 20.6. The van der Waals surface area contributed by atoms with Gasteiger partial charge in [0.15, 0.2) is 18.1 Å². The molecule has 0 radical (unpaired) electrons. The van der Waals surface area contributed by atoms with Crippen LogP contribution in [0.2, 0.25) is 5.02 Å². The fourth-order valence-electron chi connectivity index (χ4n) is 4.79. The molecule has 3 aromatic carbocycles. The Bertz CT molecular complexity index is 1430. The van der Waals surface area contributed by atoms with Gasteiger partial charge in [0.2, 0.25) is 0 Å². The Kier molecular flexibility index (Phi) is 12.1. The average Bonchev–Trinajstić information content (AvgIpc) is 3.36. The first-order valence-corrected chi connectivity index (χ1v) is 14.9. The van der Waals surface area contributed by atoms with Crippen LogP contribution in [-0.2, 0) is 24.2 Å². The maximum Gasteiger partial charge on any atom is 0.257 e. The minimum atomic E-state index is -0.126. The van der Waals surface area contributed by atoms with E-state index in [0.29, 0.717) is 23.9 Å². The van der Waals surface area contributed by atoms with Crippen molar-refractivity contribution in [3.63, 3.8) is 0 Å². The number of carbonyl (C=O) groups excluding carboxylic acids is 1. The van der Waals surface area contributed by atoms with Gasteiger partial charge in [-0.15, -0.1) is 6.58 Å². The minimum Gasteiger partial charge on any atom is -0.493 e. The predicted molar refractivity (Wildman–Crippen MR) is 169 cm³/mol. The molecule has 1 heterocycles. The summed E-state index contributed by atoms with van der Waals surface area (Å²) >= 11 is 5.88. The SMILES string of the molecule is C=CCc1ccc(OCCCCn2c(CCCCCNC(=O)COc3ccc(Cl)cc3)nc3ccccc32)c(OC)c1. The van der Waals surface area contributed by atoms with Crippen molar-refractivity contribution in [3.8, 4) is 17.2 Å². The molecule has 0 bridgehead atoms. The van der Waals surface area contributed by atoms with Crippen LogP contribution in [0.5, 0.6) is 17.2 Å². The lowest BCUT2D eigenvalue weighted by Gasteiger charge is -2.13. The van der Waals surface area contributed by atoms with E-state index >= 15 is 0 Å². The summed E-state index contributed by atoms with van der Waals surface area (Å²) < 4.78 is 19.4. The number of allylic oxidation sites excluding steroid dienone is 1. The van der Waals surface area contributed by atoms with Gasteiger partial charge in [-0.05, 0) is 86.2 Å². The molecule has 0 aliphatic rings. The minimum absolute atomic E-state index is 0.00768. The smallest absolute Gasteiger partial charge is 0.257 e. The number of unbranched alkanes of at least 4 members (excludes halogenated alkanes) is 3. The molecule has 0 aliphatic carbocycles. The lowest BCUT2D eigenvalue weighted by molar-refractivity contribution is -0.123. The molecule has 0 atom stereocenters. The van der Waals surface area contributed by atoms with E-state index in [2.05, 4.69) is 40.7 Å². The zero-order chi connectivity index (χ0) is 29.6. The molecule has 1 N–H and O–H groups in total. The molecule has 1 aromatic heterocycles. The molecular weight excluding hydrogens is 550 g/mol. The number of ether oxygens (including phenoxy) is 3. The fraction of sp³-hybridized carbons (Fsp3) is 0.353. The third kappa shape index (κ3) is 9.28. The van der Waals surface area contributed by atoms with Gasteiger partial charge in [0, 0.05) is 24.5 Å². The van der Waals surface area contributed by atoms with Gasteiger partial charge < -0.3 is 24.1 Å². The topological polar surface area (TPSA) is 74.6 Å². The largest absolute Gasteiger partial charge is 0.493 e. The number of methoxy groups -OCH3 is 1.